The maximum absolute atomic E-state index is 5.57. The molecule has 15 nitrogen and oxygen atoms in total. The van der Waals surface area contributed by atoms with Gasteiger partial charge >= 0.3 is 0 Å². The summed E-state index contributed by atoms with van der Waals surface area (Å²) in [6.07, 6.45) is 8.81. The van der Waals surface area contributed by atoms with E-state index < -0.39 is 0 Å². The smallest absolute Gasteiger partial charge is 0.226 e. The number of aromatic nitrogens is 9. The van der Waals surface area contributed by atoms with Crippen LogP contribution in [0.25, 0.3) is 45.1 Å². The lowest BCUT2D eigenvalue weighted by Gasteiger charge is -2.32. The summed E-state index contributed by atoms with van der Waals surface area (Å²) in [5.41, 5.74) is 4.53. The van der Waals surface area contributed by atoms with Crippen LogP contribution < -0.4 is 19.9 Å². The molecule has 15 heteroatoms. The Labute approximate surface area is 305 Å². The fraction of sp³-hybridized carbons (Fsp3) is 0.237. The van der Waals surface area contributed by atoms with E-state index in [1.165, 1.54) is 0 Å². The lowest BCUT2D eigenvalue weighted by Crippen LogP contribution is -2.38. The number of hydrogen-bond acceptors (Lipinski definition) is 15. The molecule has 2 fully saturated rings. The highest BCUT2D eigenvalue weighted by Crippen LogP contribution is 2.34. The number of nitrogens with zero attached hydrogens (tertiary/aromatic N) is 11. The Hall–Kier alpha value is -6.45. The summed E-state index contributed by atoms with van der Waals surface area (Å²) in [4.78, 5) is 45.1. The van der Waals surface area contributed by atoms with Gasteiger partial charge in [-0.1, -0.05) is 12.1 Å². The van der Waals surface area contributed by atoms with Gasteiger partial charge in [0.25, 0.3) is 0 Å². The van der Waals surface area contributed by atoms with E-state index in [0.29, 0.717) is 72.5 Å². The lowest BCUT2D eigenvalue weighted by molar-refractivity contribution is 0.122. The molecule has 0 aromatic carbocycles. The molecule has 0 atom stereocenters. The first-order chi connectivity index (χ1) is 26.2. The largest absolute Gasteiger partial charge is 0.480 e. The van der Waals surface area contributed by atoms with Gasteiger partial charge in [-0.15, -0.1) is 0 Å². The van der Waals surface area contributed by atoms with Crippen LogP contribution in [0.1, 0.15) is 0 Å². The van der Waals surface area contributed by atoms with Crippen molar-refractivity contribution in [1.29, 1.82) is 0 Å². The van der Waals surface area contributed by atoms with Crippen LogP contribution >= 0.6 is 0 Å². The number of morpholine rings is 2. The number of hydrogen-bond donors (Lipinski definition) is 1. The molecule has 1 N–H and O–H groups in total. The van der Waals surface area contributed by atoms with Crippen LogP contribution in [0, 0.1) is 0 Å². The number of rotatable bonds is 7. The molecule has 9 rings (SSSR count). The zero-order chi connectivity index (χ0) is 35.8. The normalized spacial score (nSPS) is 14.4. The number of fused-ring (bicyclic) bond motifs is 2. The van der Waals surface area contributed by atoms with E-state index in [0.717, 1.165) is 54.1 Å². The maximum atomic E-state index is 5.57. The summed E-state index contributed by atoms with van der Waals surface area (Å²) in [5, 5.41) is 5.20. The maximum Gasteiger partial charge on any atom is 0.226 e. The first-order valence-corrected chi connectivity index (χ1v) is 17.3. The number of nitrogens with one attached hydrogen (secondary N) is 1. The first kappa shape index (κ1) is 33.7. The summed E-state index contributed by atoms with van der Waals surface area (Å²) in [7, 11) is 1.58. The number of anilines is 4. The van der Waals surface area contributed by atoms with Gasteiger partial charge in [-0.25, -0.2) is 29.9 Å². The zero-order valence-electron chi connectivity index (χ0n) is 29.0. The van der Waals surface area contributed by atoms with E-state index in [1.54, 1.807) is 31.9 Å². The van der Waals surface area contributed by atoms with Crippen molar-refractivity contribution in [3.05, 3.63) is 97.7 Å². The van der Waals surface area contributed by atoms with Gasteiger partial charge < -0.3 is 29.3 Å². The molecule has 0 aliphatic carbocycles. The summed E-state index contributed by atoms with van der Waals surface area (Å²) in [6.45, 7) is 6.01. The van der Waals surface area contributed by atoms with Crippen molar-refractivity contribution in [2.24, 2.45) is 0 Å². The molecule has 2 aliphatic rings. The van der Waals surface area contributed by atoms with Crippen molar-refractivity contribution in [3.8, 4) is 28.9 Å². The molecule has 7 aromatic rings. The Kier molecular flexibility index (Phi) is 10.1. The highest BCUT2D eigenvalue weighted by molar-refractivity contribution is 5.91. The third kappa shape index (κ3) is 7.61. The molecule has 266 valence electrons. The van der Waals surface area contributed by atoms with Crippen LogP contribution in [0.15, 0.2) is 97.7 Å². The molecule has 0 radical (unpaired) electrons. The van der Waals surface area contributed by atoms with Crippen LogP contribution in [-0.2, 0) is 9.47 Å². The van der Waals surface area contributed by atoms with Crippen LogP contribution in [0.2, 0.25) is 0 Å². The number of methoxy groups -OCH3 is 1. The van der Waals surface area contributed by atoms with E-state index >= 15 is 0 Å². The van der Waals surface area contributed by atoms with Crippen LogP contribution in [-0.4, -0.2) is 105 Å². The molecule has 0 saturated carbocycles. The van der Waals surface area contributed by atoms with Gasteiger partial charge in [0.05, 0.1) is 61.9 Å². The van der Waals surface area contributed by atoms with E-state index in [1.807, 2.05) is 66.9 Å². The standard InChI is InChI=1S/C25H26N8O2.C13H10N4O/c1-2-6-26-20(5-1)24-30-22-19(4-3-7-27-22)23(31-24)29-21-16-18(32-8-12-34-13-9-32)17-28-25(21)33-10-14-35-15-11-33;1-18-13-9-5-4-8-15-11(9)16-12(17-13)10-6-2-3-7-14-10/h1-7,16-17H,8-15H2,(H,27,29,30,31);2-8H,1H3. The van der Waals surface area contributed by atoms with Gasteiger partial charge in [-0.05, 0) is 54.6 Å². The van der Waals surface area contributed by atoms with Gasteiger partial charge in [-0.2, -0.15) is 4.98 Å². The second kappa shape index (κ2) is 15.8. The van der Waals surface area contributed by atoms with Crippen LogP contribution in [0.3, 0.4) is 0 Å². The highest BCUT2D eigenvalue weighted by atomic mass is 16.5. The van der Waals surface area contributed by atoms with Crippen molar-refractivity contribution in [2.75, 3.05) is 74.8 Å². The first-order valence-electron chi connectivity index (χ1n) is 17.3. The Bertz CT molecular complexity index is 2300. The molecule has 0 amide bonds. The summed E-state index contributed by atoms with van der Waals surface area (Å²) >= 11 is 0. The number of ether oxygens (including phenoxy) is 3. The summed E-state index contributed by atoms with van der Waals surface area (Å²) in [5.74, 6) is 3.08. The molecule has 0 bridgehead atoms. The van der Waals surface area contributed by atoms with Gasteiger partial charge in [-0.3, -0.25) is 9.97 Å². The van der Waals surface area contributed by atoms with Crippen molar-refractivity contribution in [1.82, 2.24) is 44.9 Å². The average molecular weight is 709 g/mol. The molecular weight excluding hydrogens is 672 g/mol. The predicted octanol–water partition coefficient (Wildman–Crippen LogP) is 4.99. The van der Waals surface area contributed by atoms with Gasteiger partial charge in [0.2, 0.25) is 5.88 Å². The fourth-order valence-electron chi connectivity index (χ4n) is 6.05. The quantitative estimate of drug-likeness (QED) is 0.235. The summed E-state index contributed by atoms with van der Waals surface area (Å²) in [6, 6.07) is 21.0. The van der Waals surface area contributed by atoms with Crippen molar-refractivity contribution >= 4 is 45.1 Å². The summed E-state index contributed by atoms with van der Waals surface area (Å²) < 4.78 is 16.4. The molecule has 0 spiro atoms. The van der Waals surface area contributed by atoms with Gasteiger partial charge in [0.15, 0.2) is 28.8 Å². The van der Waals surface area contributed by atoms with E-state index in [9.17, 15) is 0 Å². The molecular formula is C38H36N12O3. The Morgan fingerprint density at radius 2 is 1.19 bits per heavy atom. The minimum absolute atomic E-state index is 0.508. The monoisotopic (exact) mass is 708 g/mol. The van der Waals surface area contributed by atoms with E-state index in [2.05, 4.69) is 56.1 Å². The Balaban J connectivity index is 0.000000186. The minimum atomic E-state index is 0.508. The van der Waals surface area contributed by atoms with E-state index in [4.69, 9.17) is 24.2 Å². The lowest BCUT2D eigenvalue weighted by atomic mass is 10.2. The molecule has 53 heavy (non-hydrogen) atoms. The minimum Gasteiger partial charge on any atom is -0.480 e. The van der Waals surface area contributed by atoms with Crippen molar-refractivity contribution < 1.29 is 14.2 Å². The fourth-order valence-corrected chi connectivity index (χ4v) is 6.05. The van der Waals surface area contributed by atoms with Gasteiger partial charge in [0.1, 0.15) is 17.2 Å². The predicted molar refractivity (Wildman–Crippen MR) is 201 cm³/mol. The Morgan fingerprint density at radius 3 is 1.81 bits per heavy atom. The molecule has 2 saturated heterocycles. The van der Waals surface area contributed by atoms with Crippen LogP contribution in [0.5, 0.6) is 5.88 Å². The molecule has 7 aromatic heterocycles. The third-order valence-corrected chi connectivity index (χ3v) is 8.68. The molecule has 0 unspecified atom stereocenters. The topological polar surface area (TPSA) is 162 Å². The van der Waals surface area contributed by atoms with E-state index in [-0.39, 0.29) is 0 Å². The third-order valence-electron chi connectivity index (χ3n) is 8.68. The average Bonchev–Trinajstić information content (AvgIpc) is 3.24. The SMILES string of the molecule is COc1nc(-c2ccccn2)nc2ncccc12.c1ccc(-c2nc(Nc3cc(N4CCOCC4)cnc3N3CCOCC3)c3cccnc3n2)nc1. The molecule has 2 aliphatic heterocycles. The van der Waals surface area contributed by atoms with Gasteiger partial charge in [0, 0.05) is 51.0 Å². The van der Waals surface area contributed by atoms with Crippen molar-refractivity contribution in [2.45, 2.75) is 0 Å². The highest BCUT2D eigenvalue weighted by Gasteiger charge is 2.21. The number of pyridine rings is 5. The zero-order valence-corrected chi connectivity index (χ0v) is 29.0. The second-order valence-corrected chi connectivity index (χ2v) is 12.0. The van der Waals surface area contributed by atoms with Crippen LogP contribution in [0.4, 0.5) is 23.0 Å². The second-order valence-electron chi connectivity index (χ2n) is 12.0. The Morgan fingerprint density at radius 1 is 0.604 bits per heavy atom. The molecule has 9 heterocycles. The van der Waals surface area contributed by atoms with Crippen molar-refractivity contribution in [3.63, 3.8) is 0 Å².